The van der Waals surface area contributed by atoms with Crippen molar-refractivity contribution in [2.75, 3.05) is 13.7 Å². The number of nitrogens with one attached hydrogen (secondary N) is 1. The first kappa shape index (κ1) is 21.3. The largest absolute Gasteiger partial charge is 0.497 e. The van der Waals surface area contributed by atoms with Gasteiger partial charge in [0.2, 0.25) is 5.91 Å². The Labute approximate surface area is 185 Å². The number of aryl methyl sites for hydroxylation is 2. The first-order chi connectivity index (χ1) is 15.5. The third-order valence-corrected chi connectivity index (χ3v) is 5.22. The average molecular weight is 431 g/mol. The van der Waals surface area contributed by atoms with Crippen LogP contribution in [0.4, 0.5) is 0 Å². The first-order valence-electron chi connectivity index (χ1n) is 10.5. The third-order valence-electron chi connectivity index (χ3n) is 5.22. The molecule has 0 fully saturated rings. The number of fused-ring (bicyclic) bond motifs is 1. The number of carbonyl (C=O) groups excluding carboxylic acids is 1. The summed E-state index contributed by atoms with van der Waals surface area (Å²) in [4.78, 5) is 25.3. The fourth-order valence-electron chi connectivity index (χ4n) is 3.54. The minimum Gasteiger partial charge on any atom is -0.497 e. The highest BCUT2D eigenvalue weighted by atomic mass is 16.5. The number of benzene rings is 2. The standard InChI is InChI=1S/C24H25N5O3/c1-17-26-28(16-23(30)25-14-6-9-18-7-4-3-5-8-18)24(31)22-15-21(27-29(17)22)19-10-12-20(32-2)13-11-19/h3-5,7-8,10-13,15H,6,9,14,16H2,1-2H3,(H,25,30). The van der Waals surface area contributed by atoms with Crippen LogP contribution in [0.1, 0.15) is 17.8 Å². The maximum absolute atomic E-state index is 12.9. The molecule has 0 spiro atoms. The van der Waals surface area contributed by atoms with Crippen molar-refractivity contribution in [3.8, 4) is 17.0 Å². The van der Waals surface area contributed by atoms with Crippen LogP contribution in [-0.2, 0) is 17.8 Å². The second-order valence-corrected chi connectivity index (χ2v) is 7.50. The predicted molar refractivity (Wildman–Crippen MR) is 122 cm³/mol. The molecule has 0 aliphatic carbocycles. The molecule has 2 aromatic carbocycles. The molecule has 32 heavy (non-hydrogen) atoms. The van der Waals surface area contributed by atoms with Gasteiger partial charge in [-0.25, -0.2) is 9.20 Å². The van der Waals surface area contributed by atoms with Crippen LogP contribution in [0.3, 0.4) is 0 Å². The fraction of sp³-hybridized carbons (Fsp3) is 0.250. The van der Waals surface area contributed by atoms with E-state index < -0.39 is 0 Å². The van der Waals surface area contributed by atoms with Gasteiger partial charge in [0.1, 0.15) is 23.6 Å². The molecular weight excluding hydrogens is 406 g/mol. The van der Waals surface area contributed by atoms with E-state index in [4.69, 9.17) is 4.74 Å². The molecule has 0 radical (unpaired) electrons. The van der Waals surface area contributed by atoms with Crippen molar-refractivity contribution in [1.29, 1.82) is 0 Å². The summed E-state index contributed by atoms with van der Waals surface area (Å²) in [5.41, 5.74) is 2.75. The lowest BCUT2D eigenvalue weighted by Gasteiger charge is -2.08. The topological polar surface area (TPSA) is 90.5 Å². The summed E-state index contributed by atoms with van der Waals surface area (Å²) in [7, 11) is 1.61. The summed E-state index contributed by atoms with van der Waals surface area (Å²) in [6.45, 7) is 2.16. The van der Waals surface area contributed by atoms with Gasteiger partial charge in [0.15, 0.2) is 0 Å². The molecule has 2 aromatic heterocycles. The van der Waals surface area contributed by atoms with E-state index in [1.54, 1.807) is 20.1 Å². The second kappa shape index (κ2) is 9.47. The number of nitrogens with zero attached hydrogens (tertiary/aromatic N) is 4. The van der Waals surface area contributed by atoms with Gasteiger partial charge in [0, 0.05) is 12.1 Å². The van der Waals surface area contributed by atoms with E-state index in [0.717, 1.165) is 24.2 Å². The molecule has 0 unspecified atom stereocenters. The normalized spacial score (nSPS) is 10.9. The Bertz CT molecular complexity index is 1280. The van der Waals surface area contributed by atoms with Crippen LogP contribution in [0, 0.1) is 6.92 Å². The van der Waals surface area contributed by atoms with Gasteiger partial charge in [-0.1, -0.05) is 30.3 Å². The van der Waals surface area contributed by atoms with Crippen molar-refractivity contribution in [2.24, 2.45) is 0 Å². The molecule has 8 heteroatoms. The lowest BCUT2D eigenvalue weighted by Crippen LogP contribution is -2.35. The summed E-state index contributed by atoms with van der Waals surface area (Å²) in [6, 6.07) is 19.3. The predicted octanol–water partition coefficient (Wildman–Crippen LogP) is 2.62. The number of ether oxygens (including phenoxy) is 1. The van der Waals surface area contributed by atoms with E-state index in [0.29, 0.717) is 23.6 Å². The molecule has 4 aromatic rings. The molecule has 4 rings (SSSR count). The summed E-state index contributed by atoms with van der Waals surface area (Å²) in [5.74, 6) is 1.02. The number of methoxy groups -OCH3 is 1. The third kappa shape index (κ3) is 4.69. The van der Waals surface area contributed by atoms with E-state index in [1.165, 1.54) is 14.8 Å². The number of hydrogen-bond donors (Lipinski definition) is 1. The molecule has 1 N–H and O–H groups in total. The highest BCUT2D eigenvalue weighted by molar-refractivity contribution is 5.75. The van der Waals surface area contributed by atoms with Crippen LogP contribution in [0.25, 0.3) is 16.8 Å². The van der Waals surface area contributed by atoms with Crippen LogP contribution in [-0.4, -0.2) is 39.0 Å². The van der Waals surface area contributed by atoms with E-state index in [-0.39, 0.29) is 18.0 Å². The smallest absolute Gasteiger partial charge is 0.293 e. The van der Waals surface area contributed by atoms with Crippen molar-refractivity contribution >= 4 is 11.4 Å². The first-order valence-corrected chi connectivity index (χ1v) is 10.5. The Kier molecular flexibility index (Phi) is 6.30. The van der Waals surface area contributed by atoms with E-state index in [1.807, 2.05) is 42.5 Å². The number of rotatable bonds is 8. The van der Waals surface area contributed by atoms with Crippen LogP contribution in [0.15, 0.2) is 65.5 Å². The molecule has 2 heterocycles. The summed E-state index contributed by atoms with van der Waals surface area (Å²) < 4.78 is 7.89. The van der Waals surface area contributed by atoms with Crippen molar-refractivity contribution in [3.05, 3.63) is 82.4 Å². The molecule has 164 valence electrons. The number of aromatic nitrogens is 4. The molecule has 0 aliphatic heterocycles. The van der Waals surface area contributed by atoms with Gasteiger partial charge < -0.3 is 10.1 Å². The Morgan fingerprint density at radius 3 is 2.53 bits per heavy atom. The van der Waals surface area contributed by atoms with E-state index >= 15 is 0 Å². The van der Waals surface area contributed by atoms with Gasteiger partial charge in [-0.2, -0.15) is 10.2 Å². The quantitative estimate of drug-likeness (QED) is 0.433. The lowest BCUT2D eigenvalue weighted by molar-refractivity contribution is -0.121. The van der Waals surface area contributed by atoms with E-state index in [9.17, 15) is 9.59 Å². The molecule has 0 saturated carbocycles. The molecule has 8 nitrogen and oxygen atoms in total. The monoisotopic (exact) mass is 431 g/mol. The summed E-state index contributed by atoms with van der Waals surface area (Å²) in [6.07, 6.45) is 1.71. The molecular formula is C24H25N5O3. The van der Waals surface area contributed by atoms with Crippen LogP contribution >= 0.6 is 0 Å². The lowest BCUT2D eigenvalue weighted by atomic mass is 10.1. The zero-order valence-corrected chi connectivity index (χ0v) is 18.1. The van der Waals surface area contributed by atoms with Crippen molar-refractivity contribution in [3.63, 3.8) is 0 Å². The number of hydrogen-bond acceptors (Lipinski definition) is 5. The SMILES string of the molecule is COc1ccc(-c2cc3c(=O)n(CC(=O)NCCCc4ccccc4)nc(C)n3n2)cc1. The zero-order valence-electron chi connectivity index (χ0n) is 18.1. The highest BCUT2D eigenvalue weighted by Crippen LogP contribution is 2.21. The highest BCUT2D eigenvalue weighted by Gasteiger charge is 2.14. The maximum atomic E-state index is 12.9. The summed E-state index contributed by atoms with van der Waals surface area (Å²) in [5, 5.41) is 11.6. The van der Waals surface area contributed by atoms with Gasteiger partial charge >= 0.3 is 0 Å². The Balaban J connectivity index is 1.45. The molecule has 0 saturated heterocycles. The van der Waals surface area contributed by atoms with Gasteiger partial charge in [0.25, 0.3) is 5.56 Å². The minimum absolute atomic E-state index is 0.134. The average Bonchev–Trinajstić information content (AvgIpc) is 3.27. The van der Waals surface area contributed by atoms with E-state index in [2.05, 4.69) is 27.6 Å². The molecule has 0 atom stereocenters. The van der Waals surface area contributed by atoms with Gasteiger partial charge in [-0.15, -0.1) is 0 Å². The summed E-state index contributed by atoms with van der Waals surface area (Å²) >= 11 is 0. The van der Waals surface area contributed by atoms with Crippen LogP contribution in [0.2, 0.25) is 0 Å². The zero-order chi connectivity index (χ0) is 22.5. The van der Waals surface area contributed by atoms with Crippen LogP contribution in [0.5, 0.6) is 5.75 Å². The van der Waals surface area contributed by atoms with Crippen molar-refractivity contribution in [2.45, 2.75) is 26.3 Å². The fourth-order valence-corrected chi connectivity index (χ4v) is 3.54. The van der Waals surface area contributed by atoms with Crippen molar-refractivity contribution in [1.82, 2.24) is 24.7 Å². The van der Waals surface area contributed by atoms with Gasteiger partial charge in [-0.3, -0.25) is 9.59 Å². The number of amides is 1. The van der Waals surface area contributed by atoms with Crippen LogP contribution < -0.4 is 15.6 Å². The molecule has 1 amide bonds. The van der Waals surface area contributed by atoms with Gasteiger partial charge in [0.05, 0.1) is 12.8 Å². The Morgan fingerprint density at radius 1 is 1.06 bits per heavy atom. The Morgan fingerprint density at radius 2 is 1.81 bits per heavy atom. The molecule has 0 aliphatic rings. The maximum Gasteiger partial charge on any atom is 0.293 e. The van der Waals surface area contributed by atoms with Gasteiger partial charge in [-0.05, 0) is 55.7 Å². The molecule has 0 bridgehead atoms. The number of carbonyl (C=O) groups is 1. The van der Waals surface area contributed by atoms with Crippen molar-refractivity contribution < 1.29 is 9.53 Å². The second-order valence-electron chi connectivity index (χ2n) is 7.50. The minimum atomic E-state index is -0.359. The Hall–Kier alpha value is -3.94.